The molecular weight excluding hydrogens is 526 g/mol. The molecule has 41 heavy (non-hydrogen) atoms. The minimum Gasteiger partial charge on any atom is -0.466 e. The summed E-state index contributed by atoms with van der Waals surface area (Å²) in [5, 5.41) is 13.4. The Morgan fingerprint density at radius 2 is 1.24 bits per heavy atom. The number of hydrogen-bond acceptors (Lipinski definition) is 4. The van der Waals surface area contributed by atoms with E-state index in [-0.39, 0.29) is 11.9 Å². The molecule has 0 atom stereocenters. The number of amides is 1. The molecule has 0 fully saturated rings. The summed E-state index contributed by atoms with van der Waals surface area (Å²) < 4.78 is 5.52. The van der Waals surface area contributed by atoms with Crippen LogP contribution >= 0.6 is 12.6 Å². The van der Waals surface area contributed by atoms with Crippen LogP contribution in [0.3, 0.4) is 0 Å². The molecule has 0 aromatic heterocycles. The van der Waals surface area contributed by atoms with Gasteiger partial charge in [-0.15, -0.1) is 0 Å². The molecule has 0 spiro atoms. The van der Waals surface area contributed by atoms with E-state index in [0.717, 1.165) is 51.5 Å². The molecule has 0 aliphatic rings. The first-order chi connectivity index (χ1) is 20.2. The first-order valence-electron chi connectivity index (χ1n) is 15.3. The fourth-order valence-corrected chi connectivity index (χ4v) is 6.34. The van der Waals surface area contributed by atoms with Crippen molar-refractivity contribution in [3.63, 3.8) is 0 Å². The van der Waals surface area contributed by atoms with Crippen LogP contribution in [0.4, 0.5) is 0 Å². The van der Waals surface area contributed by atoms with Crippen molar-refractivity contribution in [1.29, 1.82) is 0 Å². The lowest BCUT2D eigenvalue weighted by Crippen LogP contribution is -2.24. The molecule has 0 aliphatic heterocycles. The Balaban J connectivity index is 1.04. The van der Waals surface area contributed by atoms with Crippen LogP contribution < -0.4 is 5.32 Å². The van der Waals surface area contributed by atoms with Crippen molar-refractivity contribution in [3.8, 4) is 0 Å². The number of thiol groups is 1. The van der Waals surface area contributed by atoms with Gasteiger partial charge in [-0.3, -0.25) is 9.59 Å². The van der Waals surface area contributed by atoms with Gasteiger partial charge in [-0.2, -0.15) is 12.6 Å². The summed E-state index contributed by atoms with van der Waals surface area (Å²) in [5.41, 5.74) is 1.30. The number of fused-ring (bicyclic) bond motifs is 2. The van der Waals surface area contributed by atoms with Crippen LogP contribution in [-0.4, -0.2) is 30.8 Å². The first kappa shape index (κ1) is 29.2. The second-order valence-electron chi connectivity index (χ2n) is 11.1. The summed E-state index contributed by atoms with van der Waals surface area (Å²) in [6, 6.07) is 24.3. The van der Waals surface area contributed by atoms with E-state index < -0.39 is 0 Å². The number of carbonyl (C=O) groups is 2. The molecule has 5 heteroatoms. The van der Waals surface area contributed by atoms with Gasteiger partial charge < -0.3 is 10.1 Å². The lowest BCUT2D eigenvalue weighted by molar-refractivity contribution is -0.143. The van der Waals surface area contributed by atoms with Gasteiger partial charge in [0.15, 0.2) is 0 Å². The number of nitrogens with one attached hydrogen (secondary N) is 1. The van der Waals surface area contributed by atoms with Gasteiger partial charge >= 0.3 is 5.97 Å². The molecule has 1 N–H and O–H groups in total. The predicted molar refractivity (Wildman–Crippen MR) is 175 cm³/mol. The number of carbonyl (C=O) groups excluding carboxylic acids is 2. The highest BCUT2D eigenvalue weighted by atomic mass is 32.1. The average molecular weight is 568 g/mol. The summed E-state index contributed by atoms with van der Waals surface area (Å²) >= 11 is 4.07. The number of benzene rings is 5. The summed E-state index contributed by atoms with van der Waals surface area (Å²) in [5.74, 6) is 0.603. The second kappa shape index (κ2) is 14.5. The Labute approximate surface area is 248 Å². The van der Waals surface area contributed by atoms with Gasteiger partial charge in [0.25, 0.3) is 0 Å². The van der Waals surface area contributed by atoms with Gasteiger partial charge in [0.2, 0.25) is 5.91 Å². The Morgan fingerprint density at radius 1 is 0.634 bits per heavy atom. The Hall–Kier alpha value is -3.31. The van der Waals surface area contributed by atoms with Crippen molar-refractivity contribution in [1.82, 2.24) is 5.32 Å². The molecule has 0 unspecified atom stereocenters. The van der Waals surface area contributed by atoms with Crippen molar-refractivity contribution in [2.45, 2.75) is 70.6 Å². The highest BCUT2D eigenvalue weighted by Crippen LogP contribution is 2.41. The fraction of sp³-hybridized carbons (Fsp3) is 0.389. The predicted octanol–water partition coefficient (Wildman–Crippen LogP) is 8.77. The number of rotatable bonds is 16. The smallest absolute Gasteiger partial charge is 0.305 e. The van der Waals surface area contributed by atoms with Crippen molar-refractivity contribution in [2.24, 2.45) is 0 Å². The molecular formula is C36H41NO3S. The molecule has 0 radical (unpaired) electrons. The number of aryl methyl sites for hydroxylation is 1. The van der Waals surface area contributed by atoms with E-state index in [0.29, 0.717) is 25.2 Å². The lowest BCUT2D eigenvalue weighted by atomic mass is 9.87. The maximum Gasteiger partial charge on any atom is 0.305 e. The molecule has 4 nitrogen and oxygen atoms in total. The third-order valence-corrected chi connectivity index (χ3v) is 8.41. The molecule has 0 saturated heterocycles. The molecule has 0 saturated carbocycles. The van der Waals surface area contributed by atoms with Gasteiger partial charge in [0.1, 0.15) is 0 Å². The summed E-state index contributed by atoms with van der Waals surface area (Å²) in [6.07, 6.45) is 10.3. The van der Waals surface area contributed by atoms with Gasteiger partial charge in [0.05, 0.1) is 6.61 Å². The van der Waals surface area contributed by atoms with Gasteiger partial charge in [-0.1, -0.05) is 98.8 Å². The Kier molecular flexibility index (Phi) is 10.4. The quantitative estimate of drug-likeness (QED) is 0.0412. The number of ether oxygens (including phenoxy) is 1. The van der Waals surface area contributed by atoms with Crippen molar-refractivity contribution in [2.75, 3.05) is 18.9 Å². The van der Waals surface area contributed by atoms with Crippen molar-refractivity contribution >= 4 is 67.6 Å². The third kappa shape index (κ3) is 7.13. The standard InChI is InChI=1S/C36H41NO3S/c38-33(22-25-41)37-23-6-4-2-1-3-5-7-24-40-34(39)19-10-12-26-20-21-32-30-17-9-14-27-13-8-16-29(35(27)30)31-18-11-15-28(26)36(31)32/h8-9,11,13-18,20-21,41H,1-7,10,12,19,22-25H2,(H,37,38). The van der Waals surface area contributed by atoms with E-state index in [1.54, 1.807) is 0 Å². The number of unbranched alkanes of at least 4 members (excludes halogenated alkanes) is 6. The minimum absolute atomic E-state index is 0.0895. The molecule has 0 aliphatic carbocycles. The molecule has 5 aromatic carbocycles. The van der Waals surface area contributed by atoms with Crippen LogP contribution in [0.15, 0.2) is 66.7 Å². The molecule has 0 bridgehead atoms. The van der Waals surface area contributed by atoms with Gasteiger partial charge in [0, 0.05) is 19.4 Å². The zero-order valence-corrected chi connectivity index (χ0v) is 24.8. The van der Waals surface area contributed by atoms with E-state index in [9.17, 15) is 9.59 Å². The van der Waals surface area contributed by atoms with Crippen LogP contribution in [-0.2, 0) is 20.7 Å². The van der Waals surface area contributed by atoms with E-state index in [1.165, 1.54) is 61.5 Å². The van der Waals surface area contributed by atoms with E-state index in [4.69, 9.17) is 4.74 Å². The van der Waals surface area contributed by atoms with Crippen molar-refractivity contribution < 1.29 is 14.3 Å². The van der Waals surface area contributed by atoms with Crippen LogP contribution in [0.5, 0.6) is 0 Å². The molecule has 0 heterocycles. The Morgan fingerprint density at radius 3 is 1.98 bits per heavy atom. The molecule has 1 amide bonds. The Bertz CT molecular complexity index is 1560. The SMILES string of the molecule is O=C(CCS)NCCCCCCCCCOC(=O)CCCc1ccc2c3cccc4cccc(c5cccc1c52)c43. The zero-order valence-electron chi connectivity index (χ0n) is 23.9. The van der Waals surface area contributed by atoms with Gasteiger partial charge in [-0.25, -0.2) is 0 Å². The lowest BCUT2D eigenvalue weighted by Gasteiger charge is -2.16. The third-order valence-electron chi connectivity index (χ3n) is 8.19. The minimum atomic E-state index is -0.0895. The first-order valence-corrected chi connectivity index (χ1v) is 15.9. The highest BCUT2D eigenvalue weighted by molar-refractivity contribution is 7.80. The van der Waals surface area contributed by atoms with E-state index in [1.807, 2.05) is 0 Å². The normalized spacial score (nSPS) is 11.6. The van der Waals surface area contributed by atoms with Crippen LogP contribution in [0.25, 0.3) is 43.1 Å². The number of hydrogen-bond donors (Lipinski definition) is 2. The zero-order chi connectivity index (χ0) is 28.4. The monoisotopic (exact) mass is 567 g/mol. The summed E-state index contributed by atoms with van der Waals surface area (Å²) in [4.78, 5) is 23.8. The fourth-order valence-electron chi connectivity index (χ4n) is 6.13. The molecule has 5 rings (SSSR count). The van der Waals surface area contributed by atoms with Gasteiger partial charge in [-0.05, 0) is 80.1 Å². The average Bonchev–Trinajstić information content (AvgIpc) is 2.99. The second-order valence-corrected chi connectivity index (χ2v) is 11.5. The van der Waals surface area contributed by atoms with E-state index >= 15 is 0 Å². The maximum atomic E-state index is 12.4. The van der Waals surface area contributed by atoms with E-state index in [2.05, 4.69) is 84.7 Å². The topological polar surface area (TPSA) is 55.4 Å². The highest BCUT2D eigenvalue weighted by Gasteiger charge is 2.14. The number of esters is 1. The van der Waals surface area contributed by atoms with Crippen LogP contribution in [0.2, 0.25) is 0 Å². The molecule has 5 aromatic rings. The maximum absolute atomic E-state index is 12.4. The van der Waals surface area contributed by atoms with Crippen LogP contribution in [0.1, 0.15) is 69.8 Å². The largest absolute Gasteiger partial charge is 0.466 e. The summed E-state index contributed by atoms with van der Waals surface area (Å²) in [6.45, 7) is 1.28. The van der Waals surface area contributed by atoms with Crippen molar-refractivity contribution in [3.05, 3.63) is 72.3 Å². The summed E-state index contributed by atoms with van der Waals surface area (Å²) in [7, 11) is 0. The molecule has 214 valence electrons. The van der Waals surface area contributed by atoms with Crippen LogP contribution in [0, 0.1) is 0 Å².